The Labute approximate surface area is 109 Å². The summed E-state index contributed by atoms with van der Waals surface area (Å²) in [6.45, 7) is 8.41. The minimum absolute atomic E-state index is 0.0948. The van der Waals surface area contributed by atoms with Crippen molar-refractivity contribution in [2.75, 3.05) is 18.0 Å². The molecule has 0 amide bonds. The zero-order chi connectivity index (χ0) is 13.5. The van der Waals surface area contributed by atoms with E-state index >= 15 is 0 Å². The van der Waals surface area contributed by atoms with E-state index in [1.165, 1.54) is 0 Å². The molecule has 0 spiro atoms. The Morgan fingerprint density at radius 3 is 2.39 bits per heavy atom. The fraction of sp³-hybridized carbons (Fsp3) is 0.571. The number of nitrogens with zero attached hydrogens (tertiary/aromatic N) is 2. The normalized spacial score (nSPS) is 10.7. The van der Waals surface area contributed by atoms with Crippen LogP contribution < -0.4 is 4.90 Å². The second-order valence-electron chi connectivity index (χ2n) is 4.43. The number of carbonyl (C=O) groups is 1. The Morgan fingerprint density at radius 1 is 1.33 bits per heavy atom. The molecule has 0 unspecified atom stereocenters. The van der Waals surface area contributed by atoms with Gasteiger partial charge < -0.3 is 10.0 Å². The van der Waals surface area contributed by atoms with Crippen LogP contribution in [0.15, 0.2) is 18.3 Å². The lowest BCUT2D eigenvalue weighted by Gasteiger charge is -2.27. The molecule has 0 radical (unpaired) electrons. The Hall–Kier alpha value is -1.58. The Morgan fingerprint density at radius 2 is 2.00 bits per heavy atom. The fourth-order valence-electron chi connectivity index (χ4n) is 1.98. The van der Waals surface area contributed by atoms with Crippen LogP contribution in [0.3, 0.4) is 0 Å². The average molecular weight is 250 g/mol. The van der Waals surface area contributed by atoms with E-state index < -0.39 is 5.97 Å². The van der Waals surface area contributed by atoms with Crippen LogP contribution in [0.25, 0.3) is 0 Å². The van der Waals surface area contributed by atoms with Gasteiger partial charge in [-0.25, -0.2) is 9.78 Å². The quantitative estimate of drug-likeness (QED) is 0.808. The number of carboxylic acid groups (broad SMARTS) is 1. The first-order valence-corrected chi connectivity index (χ1v) is 6.56. The van der Waals surface area contributed by atoms with Crippen molar-refractivity contribution in [2.45, 2.75) is 33.6 Å². The van der Waals surface area contributed by atoms with E-state index in [0.29, 0.717) is 5.92 Å². The second-order valence-corrected chi connectivity index (χ2v) is 4.43. The van der Waals surface area contributed by atoms with Crippen molar-refractivity contribution in [3.05, 3.63) is 24.0 Å². The number of aromatic carboxylic acids is 1. The zero-order valence-electron chi connectivity index (χ0n) is 11.4. The van der Waals surface area contributed by atoms with Gasteiger partial charge in [-0.1, -0.05) is 26.7 Å². The van der Waals surface area contributed by atoms with Gasteiger partial charge in [0.2, 0.25) is 0 Å². The van der Waals surface area contributed by atoms with Crippen molar-refractivity contribution in [3.8, 4) is 0 Å². The third-order valence-electron chi connectivity index (χ3n) is 3.35. The molecule has 4 heteroatoms. The van der Waals surface area contributed by atoms with E-state index in [0.717, 1.165) is 31.6 Å². The molecule has 0 aliphatic rings. The van der Waals surface area contributed by atoms with Crippen molar-refractivity contribution in [3.63, 3.8) is 0 Å². The van der Waals surface area contributed by atoms with Crippen molar-refractivity contribution in [1.29, 1.82) is 0 Å². The van der Waals surface area contributed by atoms with Crippen LogP contribution in [0.5, 0.6) is 0 Å². The van der Waals surface area contributed by atoms with E-state index in [9.17, 15) is 4.79 Å². The third-order valence-corrected chi connectivity index (χ3v) is 3.35. The summed E-state index contributed by atoms with van der Waals surface area (Å²) in [4.78, 5) is 17.0. The van der Waals surface area contributed by atoms with Gasteiger partial charge in [-0.3, -0.25) is 0 Å². The highest BCUT2D eigenvalue weighted by Crippen LogP contribution is 2.17. The summed E-state index contributed by atoms with van der Waals surface area (Å²) in [5, 5.41) is 8.82. The van der Waals surface area contributed by atoms with Crippen molar-refractivity contribution >= 4 is 11.7 Å². The number of carboxylic acids is 1. The molecule has 0 aliphatic heterocycles. The number of anilines is 1. The highest BCUT2D eigenvalue weighted by atomic mass is 16.4. The van der Waals surface area contributed by atoms with Crippen molar-refractivity contribution in [1.82, 2.24) is 4.98 Å². The predicted molar refractivity (Wildman–Crippen MR) is 73.2 cm³/mol. The van der Waals surface area contributed by atoms with Gasteiger partial charge >= 0.3 is 5.97 Å². The molecule has 4 nitrogen and oxygen atoms in total. The molecular formula is C14H22N2O2. The molecule has 100 valence electrons. The lowest BCUT2D eigenvalue weighted by molar-refractivity contribution is 0.0690. The lowest BCUT2D eigenvalue weighted by atomic mass is 10.0. The van der Waals surface area contributed by atoms with Crippen LogP contribution in [0.1, 0.15) is 44.1 Å². The second kappa shape index (κ2) is 6.99. The van der Waals surface area contributed by atoms with Crippen LogP contribution in [0, 0.1) is 5.92 Å². The maximum atomic E-state index is 10.7. The first-order chi connectivity index (χ1) is 8.62. The molecule has 0 aromatic carbocycles. The Bertz CT molecular complexity index is 372. The molecule has 1 aromatic rings. The van der Waals surface area contributed by atoms with Crippen LogP contribution in [0.4, 0.5) is 5.69 Å². The van der Waals surface area contributed by atoms with Gasteiger partial charge in [-0.2, -0.15) is 0 Å². The molecule has 1 N–H and O–H groups in total. The third kappa shape index (κ3) is 3.72. The summed E-state index contributed by atoms with van der Waals surface area (Å²) in [5.74, 6) is -0.311. The van der Waals surface area contributed by atoms with Gasteiger partial charge in [0.05, 0.1) is 11.9 Å². The molecule has 0 fully saturated rings. The molecule has 0 aliphatic carbocycles. The number of aromatic nitrogens is 1. The summed E-state index contributed by atoms with van der Waals surface area (Å²) in [5.41, 5.74) is 1.09. The molecule has 0 saturated heterocycles. The molecule has 0 saturated carbocycles. The van der Waals surface area contributed by atoms with Crippen LogP contribution in [-0.4, -0.2) is 29.1 Å². The molecule has 1 aromatic heterocycles. The standard InChI is InChI=1S/C14H22N2O2/c1-4-11(5-2)10-16(6-3)12-7-8-13(14(17)18)15-9-12/h7-9,11H,4-6,10H2,1-3H3,(H,17,18). The smallest absolute Gasteiger partial charge is 0.354 e. The van der Waals surface area contributed by atoms with Gasteiger partial charge in [0.1, 0.15) is 5.69 Å². The van der Waals surface area contributed by atoms with Gasteiger partial charge in [0, 0.05) is 13.1 Å². The number of pyridine rings is 1. The summed E-state index contributed by atoms with van der Waals surface area (Å²) >= 11 is 0. The molecule has 1 rings (SSSR count). The van der Waals surface area contributed by atoms with E-state index in [4.69, 9.17) is 5.11 Å². The summed E-state index contributed by atoms with van der Waals surface area (Å²) in [7, 11) is 0. The van der Waals surface area contributed by atoms with E-state index in [-0.39, 0.29) is 5.69 Å². The number of hydrogen-bond donors (Lipinski definition) is 1. The largest absolute Gasteiger partial charge is 0.477 e. The first kappa shape index (κ1) is 14.5. The first-order valence-electron chi connectivity index (χ1n) is 6.56. The maximum absolute atomic E-state index is 10.7. The highest BCUT2D eigenvalue weighted by molar-refractivity contribution is 5.85. The van der Waals surface area contributed by atoms with Crippen molar-refractivity contribution < 1.29 is 9.90 Å². The highest BCUT2D eigenvalue weighted by Gasteiger charge is 2.12. The predicted octanol–water partition coefficient (Wildman–Crippen LogP) is 3.04. The SMILES string of the molecule is CCC(CC)CN(CC)c1ccc(C(=O)O)nc1. The van der Waals surface area contributed by atoms with Crippen LogP contribution in [0.2, 0.25) is 0 Å². The Kier molecular flexibility index (Phi) is 5.62. The molecular weight excluding hydrogens is 228 g/mol. The Balaban J connectivity index is 2.78. The van der Waals surface area contributed by atoms with E-state index in [2.05, 4.69) is 30.7 Å². The molecule has 1 heterocycles. The molecule has 0 atom stereocenters. The summed E-state index contributed by atoms with van der Waals surface area (Å²) in [6.07, 6.45) is 3.97. The number of rotatable bonds is 7. The summed E-state index contributed by atoms with van der Waals surface area (Å²) in [6, 6.07) is 3.40. The minimum Gasteiger partial charge on any atom is -0.477 e. The van der Waals surface area contributed by atoms with Crippen molar-refractivity contribution in [2.24, 2.45) is 5.92 Å². The average Bonchev–Trinajstić information content (AvgIpc) is 2.40. The van der Waals surface area contributed by atoms with Gasteiger partial charge in [0.15, 0.2) is 0 Å². The summed E-state index contributed by atoms with van der Waals surface area (Å²) < 4.78 is 0. The van der Waals surface area contributed by atoms with Crippen LogP contribution >= 0.6 is 0 Å². The van der Waals surface area contributed by atoms with E-state index in [1.807, 2.05) is 6.07 Å². The molecule has 0 bridgehead atoms. The monoisotopic (exact) mass is 250 g/mol. The van der Waals surface area contributed by atoms with E-state index in [1.54, 1.807) is 12.3 Å². The minimum atomic E-state index is -0.982. The topological polar surface area (TPSA) is 53.4 Å². The van der Waals surface area contributed by atoms with Gasteiger partial charge in [-0.05, 0) is 25.0 Å². The maximum Gasteiger partial charge on any atom is 0.354 e. The van der Waals surface area contributed by atoms with Gasteiger partial charge in [-0.15, -0.1) is 0 Å². The zero-order valence-corrected chi connectivity index (χ0v) is 11.4. The van der Waals surface area contributed by atoms with Gasteiger partial charge in [0.25, 0.3) is 0 Å². The number of hydrogen-bond acceptors (Lipinski definition) is 3. The van der Waals surface area contributed by atoms with Crippen LogP contribution in [-0.2, 0) is 0 Å². The fourth-order valence-corrected chi connectivity index (χ4v) is 1.98. The lowest BCUT2D eigenvalue weighted by Crippen LogP contribution is -2.29. The molecule has 18 heavy (non-hydrogen) atoms.